The van der Waals surface area contributed by atoms with Crippen molar-refractivity contribution in [2.45, 2.75) is 61.2 Å². The first-order valence-corrected chi connectivity index (χ1v) is 14.5. The Kier molecular flexibility index (Phi) is 6.88. The van der Waals surface area contributed by atoms with Gasteiger partial charge in [0.2, 0.25) is 0 Å². The summed E-state index contributed by atoms with van der Waals surface area (Å²) in [5.74, 6) is 0.497. The van der Waals surface area contributed by atoms with Crippen LogP contribution in [0.5, 0.6) is 0 Å². The van der Waals surface area contributed by atoms with Crippen LogP contribution in [-0.4, -0.2) is 42.0 Å². The summed E-state index contributed by atoms with van der Waals surface area (Å²) in [5.41, 5.74) is 2.77. The smallest absolute Gasteiger partial charge is 0.181 e. The van der Waals surface area contributed by atoms with Crippen LogP contribution in [0.25, 0.3) is 10.7 Å². The Morgan fingerprint density at radius 2 is 1.91 bits per heavy atom. The summed E-state index contributed by atoms with van der Waals surface area (Å²) < 4.78 is 30.9. The third-order valence-electron chi connectivity index (χ3n) is 6.80. The number of sulfone groups is 1. The predicted molar refractivity (Wildman–Crippen MR) is 134 cm³/mol. The number of hydrogen-bond donors (Lipinski definition) is 2. The molecule has 1 saturated carbocycles. The minimum absolute atomic E-state index is 0.00164. The van der Waals surface area contributed by atoms with Gasteiger partial charge in [0.05, 0.1) is 31.8 Å². The van der Waals surface area contributed by atoms with Crippen LogP contribution in [0.2, 0.25) is 5.02 Å². The van der Waals surface area contributed by atoms with Crippen LogP contribution in [0, 0.1) is 5.92 Å². The van der Waals surface area contributed by atoms with Gasteiger partial charge in [0.1, 0.15) is 5.01 Å². The van der Waals surface area contributed by atoms with Crippen molar-refractivity contribution in [1.82, 2.24) is 9.97 Å². The third kappa shape index (κ3) is 4.97. The Hall–Kier alpha value is -1.71. The normalized spacial score (nSPS) is 19.3. The highest BCUT2D eigenvalue weighted by molar-refractivity contribution is 7.92. The quantitative estimate of drug-likeness (QED) is 0.395. The topological polar surface area (TPSA) is 92.3 Å². The number of hydrogen-bond acceptors (Lipinski definition) is 6. The third-order valence-corrected chi connectivity index (χ3v) is 10.6. The summed E-state index contributed by atoms with van der Waals surface area (Å²) in [6, 6.07) is 9.25. The maximum absolute atomic E-state index is 12.7. The number of aromatic amines is 1. The van der Waals surface area contributed by atoms with Gasteiger partial charge in [0, 0.05) is 31.0 Å². The highest BCUT2D eigenvalue weighted by Crippen LogP contribution is 2.41. The van der Waals surface area contributed by atoms with E-state index in [1.165, 1.54) is 11.3 Å². The summed E-state index contributed by atoms with van der Waals surface area (Å²) in [4.78, 5) is 9.15. The van der Waals surface area contributed by atoms with Gasteiger partial charge in [0.15, 0.2) is 9.84 Å². The number of halogens is 1. The number of aliphatic hydroxyl groups excluding tert-OH is 1. The van der Waals surface area contributed by atoms with Crippen LogP contribution in [0.3, 0.4) is 0 Å². The van der Waals surface area contributed by atoms with Gasteiger partial charge in [-0.15, -0.1) is 11.3 Å². The molecule has 1 aromatic carbocycles. The number of benzene rings is 1. The minimum Gasteiger partial charge on any atom is -0.388 e. The molecule has 6 nitrogen and oxygen atoms in total. The lowest BCUT2D eigenvalue weighted by molar-refractivity contribution is 0.0626. The molecule has 182 valence electrons. The van der Waals surface area contributed by atoms with Gasteiger partial charge in [0.25, 0.3) is 0 Å². The van der Waals surface area contributed by atoms with Crippen LogP contribution in [0.15, 0.2) is 41.4 Å². The molecule has 2 unspecified atom stereocenters. The second kappa shape index (κ2) is 9.74. The number of aliphatic hydroxyl groups is 1. The zero-order valence-corrected chi connectivity index (χ0v) is 21.4. The van der Waals surface area contributed by atoms with Gasteiger partial charge in [-0.2, -0.15) is 0 Å². The van der Waals surface area contributed by atoms with E-state index >= 15 is 0 Å². The molecule has 2 fully saturated rings. The first-order chi connectivity index (χ1) is 16.3. The van der Waals surface area contributed by atoms with Crippen molar-refractivity contribution in [2.24, 2.45) is 5.92 Å². The fourth-order valence-corrected chi connectivity index (χ4v) is 7.38. The first-order valence-electron chi connectivity index (χ1n) is 11.8. The van der Waals surface area contributed by atoms with Gasteiger partial charge in [-0.25, -0.2) is 13.4 Å². The molecule has 2 N–H and O–H groups in total. The molecular weight excluding hydrogens is 492 g/mol. The maximum atomic E-state index is 12.7. The number of thiazole rings is 1. The summed E-state index contributed by atoms with van der Waals surface area (Å²) in [5, 5.41) is 11.1. The lowest BCUT2D eigenvalue weighted by Gasteiger charge is -2.27. The molecule has 3 aromatic rings. The Labute approximate surface area is 209 Å². The van der Waals surface area contributed by atoms with E-state index in [1.54, 1.807) is 25.3 Å². The molecule has 1 saturated heterocycles. The maximum Gasteiger partial charge on any atom is 0.181 e. The summed E-state index contributed by atoms with van der Waals surface area (Å²) in [6.07, 6.45) is 5.53. The van der Waals surface area contributed by atoms with Crippen molar-refractivity contribution in [3.63, 3.8) is 0 Å². The monoisotopic (exact) mass is 520 g/mol. The molecule has 2 aromatic heterocycles. The molecule has 0 radical (unpaired) electrons. The molecular formula is C25H29ClN2O4S2. The number of nitrogens with zero attached hydrogens (tertiary/aromatic N) is 1. The van der Waals surface area contributed by atoms with Crippen molar-refractivity contribution in [3.05, 3.63) is 57.7 Å². The SMILES string of the molecule is CC(O)c1cnc(-c2cc(Cl)c(C(CC3CCOCC3)c3ccc(S(=O)(=O)C4CC4)cc3)[nH]2)s1. The van der Waals surface area contributed by atoms with E-state index in [0.717, 1.165) is 72.2 Å². The molecule has 34 heavy (non-hydrogen) atoms. The van der Waals surface area contributed by atoms with E-state index in [4.69, 9.17) is 16.3 Å². The van der Waals surface area contributed by atoms with Gasteiger partial charge >= 0.3 is 0 Å². The Bertz CT molecular complexity index is 1240. The standard InChI is InChI=1S/C25H29ClN2O4S2/c1-15(29)23-14-27-25(33-23)22-13-21(26)24(28-22)20(12-16-8-10-32-11-9-16)17-2-4-18(5-3-17)34(30,31)19-6-7-19/h2-5,13-16,19-20,28-29H,6-12H2,1H3. The molecule has 0 bridgehead atoms. The molecule has 1 aliphatic carbocycles. The van der Waals surface area contributed by atoms with Crippen LogP contribution in [0.1, 0.15) is 67.2 Å². The molecule has 0 amide bonds. The number of aromatic nitrogens is 2. The lowest BCUT2D eigenvalue weighted by Crippen LogP contribution is -2.19. The summed E-state index contributed by atoms with van der Waals surface area (Å²) in [6.45, 7) is 3.25. The highest BCUT2D eigenvalue weighted by Gasteiger charge is 2.37. The van der Waals surface area contributed by atoms with E-state index < -0.39 is 15.9 Å². The summed E-state index contributed by atoms with van der Waals surface area (Å²) >= 11 is 8.19. The predicted octanol–water partition coefficient (Wildman–Crippen LogP) is 5.73. The van der Waals surface area contributed by atoms with Crippen LogP contribution >= 0.6 is 22.9 Å². The Morgan fingerprint density at radius 3 is 2.53 bits per heavy atom. The van der Waals surface area contributed by atoms with E-state index in [0.29, 0.717) is 15.8 Å². The summed E-state index contributed by atoms with van der Waals surface area (Å²) in [7, 11) is -3.22. The number of nitrogens with one attached hydrogen (secondary N) is 1. The van der Waals surface area contributed by atoms with Gasteiger partial charge in [-0.1, -0.05) is 23.7 Å². The van der Waals surface area contributed by atoms with Crippen molar-refractivity contribution in [3.8, 4) is 10.7 Å². The fourth-order valence-electron chi connectivity index (χ4n) is 4.62. The van der Waals surface area contributed by atoms with E-state index in [2.05, 4.69) is 9.97 Å². The molecule has 2 atom stereocenters. The Balaban J connectivity index is 1.48. The van der Waals surface area contributed by atoms with Crippen molar-refractivity contribution >= 4 is 32.8 Å². The minimum atomic E-state index is -3.22. The molecule has 5 rings (SSSR count). The van der Waals surface area contributed by atoms with Crippen LogP contribution in [-0.2, 0) is 14.6 Å². The second-order valence-electron chi connectivity index (χ2n) is 9.35. The zero-order valence-electron chi connectivity index (χ0n) is 19.0. The van der Waals surface area contributed by atoms with Gasteiger partial charge in [-0.3, -0.25) is 0 Å². The first kappa shape index (κ1) is 24.0. The zero-order chi connectivity index (χ0) is 23.9. The van der Waals surface area contributed by atoms with Crippen LogP contribution in [0.4, 0.5) is 0 Å². The number of ether oxygens (including phenoxy) is 1. The average molecular weight is 521 g/mol. The average Bonchev–Trinajstić information content (AvgIpc) is 3.46. The second-order valence-corrected chi connectivity index (χ2v) is 13.0. The van der Waals surface area contributed by atoms with E-state index in [1.807, 2.05) is 18.2 Å². The number of rotatable bonds is 8. The fraction of sp³-hybridized carbons (Fsp3) is 0.480. The largest absolute Gasteiger partial charge is 0.388 e. The highest BCUT2D eigenvalue weighted by atomic mass is 35.5. The lowest BCUT2D eigenvalue weighted by atomic mass is 9.83. The molecule has 3 heterocycles. The van der Waals surface area contributed by atoms with Crippen molar-refractivity contribution < 1.29 is 18.3 Å². The van der Waals surface area contributed by atoms with Gasteiger partial charge < -0.3 is 14.8 Å². The Morgan fingerprint density at radius 1 is 1.21 bits per heavy atom. The number of H-pyrrole nitrogens is 1. The molecule has 0 spiro atoms. The molecule has 2 aliphatic rings. The van der Waals surface area contributed by atoms with E-state index in [9.17, 15) is 13.5 Å². The van der Waals surface area contributed by atoms with Crippen molar-refractivity contribution in [1.29, 1.82) is 0 Å². The van der Waals surface area contributed by atoms with Crippen LogP contribution < -0.4 is 0 Å². The molecule has 9 heteroatoms. The van der Waals surface area contributed by atoms with E-state index in [-0.39, 0.29) is 11.2 Å². The molecule has 1 aliphatic heterocycles. The van der Waals surface area contributed by atoms with Crippen molar-refractivity contribution in [2.75, 3.05) is 13.2 Å². The van der Waals surface area contributed by atoms with Gasteiger partial charge in [-0.05, 0) is 68.7 Å².